The first kappa shape index (κ1) is 11.3. The average molecular weight is 256 g/mol. The first-order valence-electron chi connectivity index (χ1n) is 4.60. The molecule has 5 nitrogen and oxygen atoms in total. The fourth-order valence-corrected chi connectivity index (χ4v) is 2.27. The van der Waals surface area contributed by atoms with Crippen LogP contribution >= 0.6 is 23.4 Å². The molecule has 7 heteroatoms. The van der Waals surface area contributed by atoms with Gasteiger partial charge < -0.3 is 4.57 Å². The fraction of sp³-hybridized carbons (Fsp3) is 0.333. The quantitative estimate of drug-likeness (QED) is 0.769. The number of halogens is 1. The largest absolute Gasteiger partial charge is 0.311 e. The Labute approximate surface area is 102 Å². The van der Waals surface area contributed by atoms with E-state index in [2.05, 4.69) is 20.2 Å². The Morgan fingerprint density at radius 2 is 2.06 bits per heavy atom. The van der Waals surface area contributed by atoms with Gasteiger partial charge >= 0.3 is 0 Å². The van der Waals surface area contributed by atoms with Gasteiger partial charge in [0, 0.05) is 12.6 Å². The summed E-state index contributed by atoms with van der Waals surface area (Å²) in [5, 5.41) is 9.86. The maximum absolute atomic E-state index is 5.99. The van der Waals surface area contributed by atoms with E-state index >= 15 is 0 Å². The number of nitrogens with zero attached hydrogens (tertiary/aromatic N) is 5. The molecule has 0 radical (unpaired) electrons. The van der Waals surface area contributed by atoms with Crippen molar-refractivity contribution >= 4 is 23.4 Å². The van der Waals surface area contributed by atoms with E-state index < -0.39 is 0 Å². The summed E-state index contributed by atoms with van der Waals surface area (Å²) in [6.07, 6.45) is 1.65. The van der Waals surface area contributed by atoms with Crippen LogP contribution in [0.3, 0.4) is 0 Å². The second-order valence-corrected chi connectivity index (χ2v) is 4.63. The van der Waals surface area contributed by atoms with Crippen molar-refractivity contribution in [2.24, 2.45) is 7.05 Å². The maximum Gasteiger partial charge on any atom is 0.197 e. The smallest absolute Gasteiger partial charge is 0.197 e. The summed E-state index contributed by atoms with van der Waals surface area (Å²) in [5.74, 6) is 0.653. The predicted molar refractivity (Wildman–Crippen MR) is 61.6 cm³/mol. The fourth-order valence-electron chi connectivity index (χ4n) is 1.12. The minimum Gasteiger partial charge on any atom is -0.311 e. The van der Waals surface area contributed by atoms with Crippen molar-refractivity contribution in [3.63, 3.8) is 0 Å². The molecular formula is C9H10ClN5S. The van der Waals surface area contributed by atoms with Gasteiger partial charge in [0.1, 0.15) is 22.3 Å². The third-order valence-corrected chi connectivity index (χ3v) is 3.52. The van der Waals surface area contributed by atoms with Gasteiger partial charge in [-0.3, -0.25) is 0 Å². The lowest BCUT2D eigenvalue weighted by Crippen LogP contribution is -1.97. The zero-order valence-electron chi connectivity index (χ0n) is 9.10. The first-order valence-corrected chi connectivity index (χ1v) is 5.80. The van der Waals surface area contributed by atoms with Crippen molar-refractivity contribution in [2.45, 2.75) is 24.0 Å². The Morgan fingerprint density at radius 3 is 2.69 bits per heavy atom. The van der Waals surface area contributed by atoms with Gasteiger partial charge in [-0.15, -0.1) is 10.2 Å². The minimum atomic E-state index is 0.483. The molecule has 0 aliphatic heterocycles. The molecular weight excluding hydrogens is 246 g/mol. The van der Waals surface area contributed by atoms with Crippen molar-refractivity contribution in [1.82, 2.24) is 24.7 Å². The highest BCUT2D eigenvalue weighted by Crippen LogP contribution is 2.29. The molecule has 84 valence electrons. The summed E-state index contributed by atoms with van der Waals surface area (Å²) >= 11 is 7.42. The van der Waals surface area contributed by atoms with Crippen LogP contribution in [-0.2, 0) is 7.05 Å². The molecule has 0 aliphatic rings. The lowest BCUT2D eigenvalue weighted by Gasteiger charge is -2.05. The number of rotatable bonds is 2. The predicted octanol–water partition coefficient (Wildman–Crippen LogP) is 2.03. The molecule has 0 amide bonds. The Bertz CT molecular complexity index is 525. The van der Waals surface area contributed by atoms with Gasteiger partial charge in [-0.1, -0.05) is 11.6 Å². The summed E-state index contributed by atoms with van der Waals surface area (Å²) in [5.41, 5.74) is 0.861. The number of aryl methyl sites for hydroxylation is 2. The van der Waals surface area contributed by atoms with E-state index in [0.29, 0.717) is 11.0 Å². The van der Waals surface area contributed by atoms with Gasteiger partial charge in [0.15, 0.2) is 5.16 Å². The van der Waals surface area contributed by atoms with E-state index in [1.54, 1.807) is 6.33 Å². The van der Waals surface area contributed by atoms with E-state index in [1.807, 2.05) is 25.5 Å². The molecule has 0 bridgehead atoms. The third-order valence-electron chi connectivity index (χ3n) is 2.01. The zero-order chi connectivity index (χ0) is 11.7. The number of hydrogen-bond donors (Lipinski definition) is 0. The van der Waals surface area contributed by atoms with E-state index in [1.165, 1.54) is 11.8 Å². The van der Waals surface area contributed by atoms with Crippen molar-refractivity contribution in [1.29, 1.82) is 0 Å². The van der Waals surface area contributed by atoms with Gasteiger partial charge in [-0.05, 0) is 25.6 Å². The lowest BCUT2D eigenvalue weighted by atomic mass is 10.4. The van der Waals surface area contributed by atoms with Crippen molar-refractivity contribution in [3.8, 4) is 0 Å². The van der Waals surface area contributed by atoms with Crippen LogP contribution in [0.1, 0.15) is 11.4 Å². The summed E-state index contributed by atoms with van der Waals surface area (Å²) < 4.78 is 1.83. The molecule has 0 aromatic carbocycles. The maximum atomic E-state index is 5.99. The molecule has 2 aromatic heterocycles. The Morgan fingerprint density at radius 1 is 1.31 bits per heavy atom. The SMILES string of the molecule is Cc1nc(Cl)c(C)c(Sc2nncn2C)n1. The molecule has 2 heterocycles. The summed E-state index contributed by atoms with van der Waals surface area (Å²) in [6.45, 7) is 3.70. The van der Waals surface area contributed by atoms with E-state index in [9.17, 15) is 0 Å². The summed E-state index contributed by atoms with van der Waals surface area (Å²) in [6, 6.07) is 0. The van der Waals surface area contributed by atoms with Crippen molar-refractivity contribution < 1.29 is 0 Å². The van der Waals surface area contributed by atoms with Crippen LogP contribution in [0, 0.1) is 13.8 Å². The van der Waals surface area contributed by atoms with Crippen molar-refractivity contribution in [2.75, 3.05) is 0 Å². The van der Waals surface area contributed by atoms with Crippen LogP contribution in [0.2, 0.25) is 5.15 Å². The van der Waals surface area contributed by atoms with Gasteiger partial charge in [0.2, 0.25) is 0 Å². The number of aromatic nitrogens is 5. The van der Waals surface area contributed by atoms with Gasteiger partial charge in [0.05, 0.1) is 0 Å². The van der Waals surface area contributed by atoms with Crippen LogP contribution in [0.15, 0.2) is 16.5 Å². The minimum absolute atomic E-state index is 0.483. The summed E-state index contributed by atoms with van der Waals surface area (Å²) in [4.78, 5) is 8.42. The van der Waals surface area contributed by atoms with Crippen LogP contribution in [-0.4, -0.2) is 24.7 Å². The van der Waals surface area contributed by atoms with Crippen molar-refractivity contribution in [3.05, 3.63) is 22.9 Å². The Kier molecular flexibility index (Phi) is 3.11. The zero-order valence-corrected chi connectivity index (χ0v) is 10.7. The molecule has 0 saturated heterocycles. The molecule has 0 spiro atoms. The van der Waals surface area contributed by atoms with Crippen LogP contribution < -0.4 is 0 Å². The third kappa shape index (κ3) is 2.17. The van der Waals surface area contributed by atoms with E-state index in [4.69, 9.17) is 11.6 Å². The highest BCUT2D eigenvalue weighted by molar-refractivity contribution is 7.99. The Balaban J connectivity index is 2.38. The van der Waals surface area contributed by atoms with Gasteiger partial charge in [-0.2, -0.15) is 0 Å². The highest BCUT2D eigenvalue weighted by Gasteiger charge is 2.11. The average Bonchev–Trinajstić information content (AvgIpc) is 2.60. The van der Waals surface area contributed by atoms with Crippen LogP contribution in [0.25, 0.3) is 0 Å². The molecule has 16 heavy (non-hydrogen) atoms. The molecule has 2 rings (SSSR count). The molecule has 0 saturated carbocycles. The molecule has 0 atom stereocenters. The topological polar surface area (TPSA) is 56.5 Å². The number of hydrogen-bond acceptors (Lipinski definition) is 5. The molecule has 0 unspecified atom stereocenters. The summed E-state index contributed by atoms with van der Waals surface area (Å²) in [7, 11) is 1.88. The monoisotopic (exact) mass is 255 g/mol. The molecule has 0 aliphatic carbocycles. The Hall–Kier alpha value is -1.14. The van der Waals surface area contributed by atoms with Gasteiger partial charge in [0.25, 0.3) is 0 Å². The molecule has 0 fully saturated rings. The first-order chi connectivity index (χ1) is 7.58. The van der Waals surface area contributed by atoms with Crippen LogP contribution in [0.4, 0.5) is 0 Å². The standard InChI is InChI=1S/C9H10ClN5S/c1-5-7(10)12-6(2)13-8(5)16-9-14-11-4-15(9)3/h4H,1-3H3. The van der Waals surface area contributed by atoms with Crippen LogP contribution in [0.5, 0.6) is 0 Å². The van der Waals surface area contributed by atoms with Gasteiger partial charge in [-0.25, -0.2) is 9.97 Å². The molecule has 2 aromatic rings. The second-order valence-electron chi connectivity index (χ2n) is 3.32. The normalized spacial score (nSPS) is 10.8. The second kappa shape index (κ2) is 4.39. The highest BCUT2D eigenvalue weighted by atomic mass is 35.5. The van der Waals surface area contributed by atoms with E-state index in [0.717, 1.165) is 15.7 Å². The lowest BCUT2D eigenvalue weighted by molar-refractivity contribution is 0.785. The van der Waals surface area contributed by atoms with E-state index in [-0.39, 0.29) is 0 Å². The molecule has 0 N–H and O–H groups in total.